The number of benzene rings is 1. The van der Waals surface area contributed by atoms with E-state index in [1.54, 1.807) is 11.4 Å². The molecule has 0 radical (unpaired) electrons. The molecule has 0 spiro atoms. The fraction of sp³-hybridized carbons (Fsp3) is 0.222. The summed E-state index contributed by atoms with van der Waals surface area (Å²) in [6, 6.07) is 6.76. The molecule has 11 heteroatoms. The molecule has 1 aliphatic rings. The van der Waals surface area contributed by atoms with Crippen LogP contribution in [0.1, 0.15) is 12.8 Å². The lowest BCUT2D eigenvalue weighted by Crippen LogP contribution is -2.42. The van der Waals surface area contributed by atoms with Crippen LogP contribution in [0.3, 0.4) is 0 Å². The number of halogens is 2. The van der Waals surface area contributed by atoms with E-state index < -0.39 is 33.6 Å². The Bertz CT molecular complexity index is 1130. The fourth-order valence-electron chi connectivity index (χ4n) is 3.21. The third kappa shape index (κ3) is 3.68. The van der Waals surface area contributed by atoms with Gasteiger partial charge in [-0.05, 0) is 36.4 Å². The molecule has 1 amide bonds. The van der Waals surface area contributed by atoms with Gasteiger partial charge in [-0.3, -0.25) is 10.1 Å². The summed E-state index contributed by atoms with van der Waals surface area (Å²) in [6.07, 6.45) is 0.879. The maximum absolute atomic E-state index is 13.9. The van der Waals surface area contributed by atoms with Crippen molar-refractivity contribution in [3.63, 3.8) is 0 Å². The van der Waals surface area contributed by atoms with Gasteiger partial charge in [0.15, 0.2) is 0 Å². The van der Waals surface area contributed by atoms with Crippen molar-refractivity contribution >= 4 is 33.2 Å². The Balaban J connectivity index is 1.53. The second kappa shape index (κ2) is 7.65. The normalized spacial score (nSPS) is 17.5. The molecule has 0 unspecified atom stereocenters. The molecule has 4 rings (SSSR count). The minimum Gasteiger partial charge on any atom is -0.338 e. The molecule has 3 aromatic rings. The van der Waals surface area contributed by atoms with Crippen molar-refractivity contribution in [1.29, 1.82) is 0 Å². The van der Waals surface area contributed by atoms with E-state index in [0.717, 1.165) is 27.8 Å². The number of aromatic nitrogens is 1. The topological polar surface area (TPSA) is 92.5 Å². The van der Waals surface area contributed by atoms with Gasteiger partial charge in [-0.1, -0.05) is 17.3 Å². The Labute approximate surface area is 169 Å². The fourth-order valence-corrected chi connectivity index (χ4v) is 5.99. The number of carbonyl (C=O) groups is 1. The van der Waals surface area contributed by atoms with Gasteiger partial charge in [-0.15, -0.1) is 11.3 Å². The molecule has 7 nitrogen and oxygen atoms in total. The van der Waals surface area contributed by atoms with Gasteiger partial charge in [0.05, 0.1) is 5.56 Å². The van der Waals surface area contributed by atoms with Crippen LogP contribution >= 0.6 is 11.3 Å². The van der Waals surface area contributed by atoms with E-state index in [1.165, 1.54) is 18.2 Å². The van der Waals surface area contributed by atoms with Crippen molar-refractivity contribution in [2.45, 2.75) is 23.1 Å². The third-order valence-corrected chi connectivity index (χ3v) is 7.82. The molecular weight excluding hydrogens is 424 g/mol. The number of nitrogens with zero attached hydrogens (tertiary/aromatic N) is 2. The second-order valence-electron chi connectivity index (χ2n) is 6.37. The summed E-state index contributed by atoms with van der Waals surface area (Å²) in [5.41, 5.74) is -0.495. The van der Waals surface area contributed by atoms with Crippen LogP contribution in [0, 0.1) is 11.6 Å². The monoisotopic (exact) mass is 439 g/mol. The maximum atomic E-state index is 13.9. The summed E-state index contributed by atoms with van der Waals surface area (Å²) in [6.45, 7) is 0.223. The number of rotatable bonds is 5. The smallest absolute Gasteiger partial charge is 0.253 e. The number of sulfonamides is 1. The van der Waals surface area contributed by atoms with E-state index in [9.17, 15) is 22.0 Å². The first-order valence-electron chi connectivity index (χ1n) is 8.65. The lowest BCUT2D eigenvalue weighted by molar-refractivity contribution is -0.119. The lowest BCUT2D eigenvalue weighted by Gasteiger charge is -2.22. The number of hydrogen-bond acceptors (Lipinski definition) is 6. The van der Waals surface area contributed by atoms with Crippen LogP contribution in [-0.2, 0) is 14.8 Å². The highest BCUT2D eigenvalue weighted by molar-refractivity contribution is 7.91. The first-order chi connectivity index (χ1) is 13.9. The molecule has 1 aliphatic heterocycles. The average Bonchev–Trinajstić information content (AvgIpc) is 3.43. The first kappa shape index (κ1) is 19.7. The Hall–Kier alpha value is -2.63. The minimum atomic E-state index is -3.79. The Kier molecular flexibility index (Phi) is 5.19. The molecule has 29 heavy (non-hydrogen) atoms. The SMILES string of the molecule is O=C(Nc1cc(-c2c(F)cccc2F)no1)[C@H]1CCCN1S(=O)(=O)c1cccs1. The van der Waals surface area contributed by atoms with Crippen molar-refractivity contribution in [2.24, 2.45) is 0 Å². The van der Waals surface area contributed by atoms with Crippen molar-refractivity contribution in [3.05, 3.63) is 53.4 Å². The number of amides is 1. The summed E-state index contributed by atoms with van der Waals surface area (Å²) < 4.78 is 59.6. The molecule has 1 atom stereocenters. The van der Waals surface area contributed by atoms with E-state index in [1.807, 2.05) is 0 Å². The summed E-state index contributed by atoms with van der Waals surface area (Å²) >= 11 is 1.08. The van der Waals surface area contributed by atoms with E-state index in [0.29, 0.717) is 12.8 Å². The predicted octanol–water partition coefficient (Wildman–Crippen LogP) is 3.47. The van der Waals surface area contributed by atoms with Crippen molar-refractivity contribution < 1.29 is 26.5 Å². The second-order valence-corrected chi connectivity index (χ2v) is 9.43. The van der Waals surface area contributed by atoms with Crippen LogP contribution < -0.4 is 5.32 Å². The van der Waals surface area contributed by atoms with Crippen LogP contribution in [-0.4, -0.2) is 36.4 Å². The standard InChI is InChI=1S/C18H15F2N3O4S2/c19-11-4-1-5-12(20)17(11)13-10-15(27-22-13)21-18(24)14-6-2-8-23(14)29(25,26)16-7-3-9-28-16/h1,3-5,7,9-10,14H,2,6,8H2,(H,21,24)/t14-/m1/s1. The minimum absolute atomic E-state index is 0.120. The van der Waals surface area contributed by atoms with Gasteiger partial charge in [0.2, 0.25) is 11.8 Å². The Morgan fingerprint density at radius 3 is 2.69 bits per heavy atom. The van der Waals surface area contributed by atoms with E-state index >= 15 is 0 Å². The lowest BCUT2D eigenvalue weighted by atomic mass is 10.1. The molecule has 0 saturated carbocycles. The van der Waals surface area contributed by atoms with E-state index in [2.05, 4.69) is 10.5 Å². The van der Waals surface area contributed by atoms with Gasteiger partial charge in [0.25, 0.3) is 10.0 Å². The molecule has 0 aliphatic carbocycles. The number of nitrogens with one attached hydrogen (secondary N) is 1. The molecule has 1 N–H and O–H groups in total. The van der Waals surface area contributed by atoms with Gasteiger partial charge in [0.1, 0.15) is 27.6 Å². The van der Waals surface area contributed by atoms with Gasteiger partial charge < -0.3 is 4.52 Å². The zero-order valence-corrected chi connectivity index (χ0v) is 16.5. The number of hydrogen-bond donors (Lipinski definition) is 1. The highest BCUT2D eigenvalue weighted by Crippen LogP contribution is 2.30. The largest absolute Gasteiger partial charge is 0.338 e. The van der Waals surface area contributed by atoms with Crippen LogP contribution in [0.15, 0.2) is 50.5 Å². The molecule has 1 fully saturated rings. The summed E-state index contributed by atoms with van der Waals surface area (Å²) in [4.78, 5) is 12.7. The molecule has 0 bridgehead atoms. The zero-order valence-electron chi connectivity index (χ0n) is 14.8. The summed E-state index contributed by atoms with van der Waals surface area (Å²) in [5.74, 6) is -2.37. The number of carbonyl (C=O) groups excluding carboxylic acids is 1. The van der Waals surface area contributed by atoms with Gasteiger partial charge in [-0.25, -0.2) is 17.2 Å². The van der Waals surface area contributed by atoms with Crippen molar-refractivity contribution in [1.82, 2.24) is 9.46 Å². The van der Waals surface area contributed by atoms with Gasteiger partial charge in [-0.2, -0.15) is 4.31 Å². The average molecular weight is 439 g/mol. The van der Waals surface area contributed by atoms with Gasteiger partial charge in [0, 0.05) is 12.6 Å². The third-order valence-electron chi connectivity index (χ3n) is 4.54. The van der Waals surface area contributed by atoms with Crippen LogP contribution in [0.25, 0.3) is 11.3 Å². The molecule has 1 saturated heterocycles. The summed E-state index contributed by atoms with van der Waals surface area (Å²) in [5, 5.41) is 7.69. The predicted molar refractivity (Wildman–Crippen MR) is 102 cm³/mol. The van der Waals surface area contributed by atoms with E-state index in [4.69, 9.17) is 4.52 Å². The highest BCUT2D eigenvalue weighted by Gasteiger charge is 2.40. The molecule has 2 aromatic heterocycles. The molecule has 3 heterocycles. The summed E-state index contributed by atoms with van der Waals surface area (Å²) in [7, 11) is -3.79. The zero-order chi connectivity index (χ0) is 20.6. The maximum Gasteiger partial charge on any atom is 0.253 e. The Morgan fingerprint density at radius 2 is 2.00 bits per heavy atom. The van der Waals surface area contributed by atoms with Crippen LogP contribution in [0.4, 0.5) is 14.7 Å². The molecular formula is C18H15F2N3O4S2. The highest BCUT2D eigenvalue weighted by atomic mass is 32.2. The van der Waals surface area contributed by atoms with Crippen molar-refractivity contribution in [3.8, 4) is 11.3 Å². The van der Waals surface area contributed by atoms with Crippen molar-refractivity contribution in [2.75, 3.05) is 11.9 Å². The molecule has 152 valence electrons. The van der Waals surface area contributed by atoms with E-state index in [-0.39, 0.29) is 27.9 Å². The number of anilines is 1. The Morgan fingerprint density at radius 1 is 1.24 bits per heavy atom. The first-order valence-corrected chi connectivity index (χ1v) is 11.0. The van der Waals surface area contributed by atoms with Crippen LogP contribution in [0.5, 0.6) is 0 Å². The quantitative estimate of drug-likeness (QED) is 0.657. The van der Waals surface area contributed by atoms with Gasteiger partial charge >= 0.3 is 0 Å². The number of thiophene rings is 1. The molecule has 1 aromatic carbocycles. The van der Waals surface area contributed by atoms with Crippen LogP contribution in [0.2, 0.25) is 0 Å².